The van der Waals surface area contributed by atoms with Gasteiger partial charge in [-0.05, 0) is 12.3 Å². The van der Waals surface area contributed by atoms with Crippen molar-refractivity contribution in [3.63, 3.8) is 0 Å². The Labute approximate surface area is 102 Å². The van der Waals surface area contributed by atoms with Crippen molar-refractivity contribution >= 4 is 0 Å². The van der Waals surface area contributed by atoms with Gasteiger partial charge in [0.25, 0.3) is 0 Å². The summed E-state index contributed by atoms with van der Waals surface area (Å²) < 4.78 is 1.60. The molecule has 0 amide bonds. The van der Waals surface area contributed by atoms with E-state index in [-0.39, 0.29) is 12.7 Å². The van der Waals surface area contributed by atoms with E-state index in [0.29, 0.717) is 25.6 Å². The van der Waals surface area contributed by atoms with Crippen molar-refractivity contribution < 1.29 is 10.2 Å². The Kier molecular flexibility index (Phi) is 6.10. The summed E-state index contributed by atoms with van der Waals surface area (Å²) in [6.07, 6.45) is 2.27. The van der Waals surface area contributed by atoms with Crippen LogP contribution in [0.5, 0.6) is 0 Å². The van der Waals surface area contributed by atoms with Crippen LogP contribution in [0.25, 0.3) is 0 Å². The average molecular weight is 242 g/mol. The van der Waals surface area contributed by atoms with Crippen LogP contribution in [-0.4, -0.2) is 44.5 Å². The number of nitrogens with zero attached hydrogens (tertiary/aromatic N) is 3. The maximum Gasteiger partial charge on any atom is 0.0964 e. The second kappa shape index (κ2) is 7.37. The second-order valence-corrected chi connectivity index (χ2v) is 4.61. The molecule has 6 heteroatoms. The Balaban J connectivity index is 2.21. The predicted molar refractivity (Wildman–Crippen MR) is 64.3 cm³/mol. The number of nitrogens with one attached hydrogen (secondary N) is 1. The Morgan fingerprint density at radius 1 is 1.47 bits per heavy atom. The molecule has 1 unspecified atom stereocenters. The molecule has 0 aliphatic rings. The quantitative estimate of drug-likeness (QED) is 0.586. The van der Waals surface area contributed by atoms with E-state index >= 15 is 0 Å². The van der Waals surface area contributed by atoms with Crippen LogP contribution in [0.1, 0.15) is 26.0 Å². The molecule has 0 saturated heterocycles. The molecule has 6 nitrogen and oxygen atoms in total. The number of hydrogen-bond acceptors (Lipinski definition) is 5. The molecule has 0 bridgehead atoms. The topological polar surface area (TPSA) is 83.2 Å². The molecular weight excluding hydrogens is 220 g/mol. The van der Waals surface area contributed by atoms with Gasteiger partial charge in [-0.3, -0.25) is 0 Å². The molecule has 0 fully saturated rings. The summed E-state index contributed by atoms with van der Waals surface area (Å²) >= 11 is 0. The Bertz CT molecular complexity index is 314. The summed E-state index contributed by atoms with van der Waals surface area (Å²) in [4.78, 5) is 0. The van der Waals surface area contributed by atoms with Crippen LogP contribution in [-0.2, 0) is 13.1 Å². The van der Waals surface area contributed by atoms with Crippen molar-refractivity contribution in [3.8, 4) is 0 Å². The second-order valence-electron chi connectivity index (χ2n) is 4.61. The molecule has 3 N–H and O–H groups in total. The number of aromatic nitrogens is 3. The maximum atomic E-state index is 9.65. The van der Waals surface area contributed by atoms with Gasteiger partial charge in [0.1, 0.15) is 0 Å². The van der Waals surface area contributed by atoms with Gasteiger partial charge in [0.15, 0.2) is 0 Å². The summed E-state index contributed by atoms with van der Waals surface area (Å²) in [5.74, 6) is 0.497. The largest absolute Gasteiger partial charge is 0.394 e. The van der Waals surface area contributed by atoms with Gasteiger partial charge in [-0.15, -0.1) is 5.10 Å². The van der Waals surface area contributed by atoms with Gasteiger partial charge in [-0.2, -0.15) is 0 Å². The summed E-state index contributed by atoms with van der Waals surface area (Å²) in [6.45, 7) is 5.84. The van der Waals surface area contributed by atoms with Gasteiger partial charge >= 0.3 is 0 Å². The van der Waals surface area contributed by atoms with E-state index in [2.05, 4.69) is 29.5 Å². The number of rotatable bonds is 8. The lowest BCUT2D eigenvalue weighted by Crippen LogP contribution is -2.27. The summed E-state index contributed by atoms with van der Waals surface area (Å²) in [5, 5.41) is 29.3. The average Bonchev–Trinajstić information content (AvgIpc) is 2.65. The standard InChI is InChI=1S/C11H22N4O2/c1-9(2)5-11(17)7-12-6-10-8-15(3-4-16)14-13-10/h8-9,11-12,16-17H,3-7H2,1-2H3. The van der Waals surface area contributed by atoms with Crippen molar-refractivity contribution in [3.05, 3.63) is 11.9 Å². The zero-order valence-corrected chi connectivity index (χ0v) is 10.5. The molecule has 0 spiro atoms. The Morgan fingerprint density at radius 3 is 2.88 bits per heavy atom. The normalized spacial score (nSPS) is 13.2. The highest BCUT2D eigenvalue weighted by Gasteiger charge is 2.07. The fourth-order valence-corrected chi connectivity index (χ4v) is 1.63. The summed E-state index contributed by atoms with van der Waals surface area (Å²) in [7, 11) is 0. The number of hydrogen-bond donors (Lipinski definition) is 3. The SMILES string of the molecule is CC(C)CC(O)CNCc1cn(CCO)nn1. The van der Waals surface area contributed by atoms with Crippen molar-refractivity contribution in [1.82, 2.24) is 20.3 Å². The van der Waals surface area contributed by atoms with Crippen LogP contribution in [0.2, 0.25) is 0 Å². The van der Waals surface area contributed by atoms with Crippen LogP contribution >= 0.6 is 0 Å². The van der Waals surface area contributed by atoms with E-state index in [4.69, 9.17) is 5.11 Å². The molecule has 0 aromatic carbocycles. The highest BCUT2D eigenvalue weighted by Crippen LogP contribution is 2.03. The van der Waals surface area contributed by atoms with Gasteiger partial charge < -0.3 is 15.5 Å². The van der Waals surface area contributed by atoms with Crippen molar-refractivity contribution in [2.24, 2.45) is 5.92 Å². The van der Waals surface area contributed by atoms with Crippen molar-refractivity contribution in [1.29, 1.82) is 0 Å². The molecule has 1 heterocycles. The van der Waals surface area contributed by atoms with Crippen molar-refractivity contribution in [2.75, 3.05) is 13.2 Å². The Morgan fingerprint density at radius 2 is 2.24 bits per heavy atom. The predicted octanol–water partition coefficient (Wildman–Crippen LogP) is -0.233. The van der Waals surface area contributed by atoms with E-state index < -0.39 is 0 Å². The fraction of sp³-hybridized carbons (Fsp3) is 0.818. The molecule has 0 aliphatic carbocycles. The van der Waals surface area contributed by atoms with E-state index in [9.17, 15) is 5.11 Å². The van der Waals surface area contributed by atoms with Crippen LogP contribution in [0.15, 0.2) is 6.20 Å². The third-order valence-electron chi connectivity index (χ3n) is 2.34. The van der Waals surface area contributed by atoms with Crippen LogP contribution in [0, 0.1) is 5.92 Å². The first-order chi connectivity index (χ1) is 8.11. The van der Waals surface area contributed by atoms with E-state index in [1.165, 1.54) is 0 Å². The van der Waals surface area contributed by atoms with E-state index in [0.717, 1.165) is 12.1 Å². The first-order valence-electron chi connectivity index (χ1n) is 6.00. The highest BCUT2D eigenvalue weighted by atomic mass is 16.3. The van der Waals surface area contributed by atoms with Crippen molar-refractivity contribution in [2.45, 2.75) is 39.5 Å². The maximum absolute atomic E-state index is 9.65. The first kappa shape index (κ1) is 14.1. The minimum atomic E-state index is -0.317. The molecule has 1 atom stereocenters. The molecule has 0 aliphatic heterocycles. The minimum Gasteiger partial charge on any atom is -0.394 e. The van der Waals surface area contributed by atoms with E-state index in [1.807, 2.05) is 0 Å². The van der Waals surface area contributed by atoms with Gasteiger partial charge in [-0.1, -0.05) is 19.1 Å². The zero-order valence-electron chi connectivity index (χ0n) is 10.5. The fourth-order valence-electron chi connectivity index (χ4n) is 1.63. The van der Waals surface area contributed by atoms with E-state index in [1.54, 1.807) is 10.9 Å². The lowest BCUT2D eigenvalue weighted by atomic mass is 10.1. The third kappa shape index (κ3) is 5.76. The monoisotopic (exact) mass is 242 g/mol. The summed E-state index contributed by atoms with van der Waals surface area (Å²) in [5.41, 5.74) is 0.815. The number of aliphatic hydroxyl groups excluding tert-OH is 2. The first-order valence-corrected chi connectivity index (χ1v) is 6.00. The Hall–Kier alpha value is -0.980. The van der Waals surface area contributed by atoms with Gasteiger partial charge in [-0.25, -0.2) is 4.68 Å². The zero-order chi connectivity index (χ0) is 12.7. The molecule has 1 rings (SSSR count). The van der Waals surface area contributed by atoms with Gasteiger partial charge in [0.05, 0.1) is 24.9 Å². The third-order valence-corrected chi connectivity index (χ3v) is 2.34. The van der Waals surface area contributed by atoms with Crippen LogP contribution < -0.4 is 5.32 Å². The van der Waals surface area contributed by atoms with Gasteiger partial charge in [0.2, 0.25) is 0 Å². The number of aliphatic hydroxyl groups is 2. The lowest BCUT2D eigenvalue weighted by molar-refractivity contribution is 0.146. The lowest BCUT2D eigenvalue weighted by Gasteiger charge is -2.12. The molecule has 1 aromatic heterocycles. The molecule has 0 radical (unpaired) electrons. The molecule has 1 aromatic rings. The molecule has 17 heavy (non-hydrogen) atoms. The summed E-state index contributed by atoms with van der Waals surface area (Å²) in [6, 6.07) is 0. The smallest absolute Gasteiger partial charge is 0.0964 e. The molecule has 98 valence electrons. The van der Waals surface area contributed by atoms with Crippen LogP contribution in [0.4, 0.5) is 0 Å². The molecule has 0 saturated carbocycles. The van der Waals surface area contributed by atoms with Gasteiger partial charge in [0, 0.05) is 19.3 Å². The molecular formula is C11H22N4O2. The minimum absolute atomic E-state index is 0.0589. The van der Waals surface area contributed by atoms with Crippen LogP contribution in [0.3, 0.4) is 0 Å². The highest BCUT2D eigenvalue weighted by molar-refractivity contribution is 4.91.